The highest BCUT2D eigenvalue weighted by Gasteiger charge is 2.29. The highest BCUT2D eigenvalue weighted by Crippen LogP contribution is 2.26. The number of anilines is 1. The highest BCUT2D eigenvalue weighted by atomic mass is 16.5. The van der Waals surface area contributed by atoms with E-state index in [1.807, 2.05) is 0 Å². The third kappa shape index (κ3) is 3.01. The molecule has 20 heavy (non-hydrogen) atoms. The maximum absolute atomic E-state index is 12.4. The molecule has 6 heteroatoms. The van der Waals surface area contributed by atoms with E-state index in [9.17, 15) is 9.59 Å². The van der Waals surface area contributed by atoms with Gasteiger partial charge in [0.15, 0.2) is 0 Å². The zero-order chi connectivity index (χ0) is 14.7. The Bertz CT molecular complexity index is 530. The van der Waals surface area contributed by atoms with Gasteiger partial charge >= 0.3 is 5.97 Å². The minimum absolute atomic E-state index is 0.0243. The third-order valence-electron chi connectivity index (χ3n) is 3.49. The summed E-state index contributed by atoms with van der Waals surface area (Å²) in [5.41, 5.74) is 6.65. The van der Waals surface area contributed by atoms with E-state index in [-0.39, 0.29) is 18.2 Å². The Kier molecular flexibility index (Phi) is 4.12. The summed E-state index contributed by atoms with van der Waals surface area (Å²) in [5, 5.41) is 8.79. The van der Waals surface area contributed by atoms with Gasteiger partial charge in [0.1, 0.15) is 5.75 Å². The van der Waals surface area contributed by atoms with Crippen LogP contribution in [0.2, 0.25) is 0 Å². The van der Waals surface area contributed by atoms with Crippen LogP contribution in [0.1, 0.15) is 23.2 Å². The maximum Gasteiger partial charge on any atom is 0.303 e. The van der Waals surface area contributed by atoms with E-state index in [1.165, 1.54) is 7.11 Å². The van der Waals surface area contributed by atoms with Crippen molar-refractivity contribution in [1.29, 1.82) is 0 Å². The molecule has 1 aromatic carbocycles. The van der Waals surface area contributed by atoms with Crippen molar-refractivity contribution in [1.82, 2.24) is 4.90 Å². The van der Waals surface area contributed by atoms with E-state index in [2.05, 4.69) is 0 Å². The first-order chi connectivity index (χ1) is 9.51. The molecule has 6 nitrogen and oxygen atoms in total. The number of benzene rings is 1. The molecule has 108 valence electrons. The molecule has 0 spiro atoms. The standard InChI is InChI=1S/C14H18N2O4/c1-20-12-7-10(15)2-3-11(12)14(19)16-5-4-9(8-16)6-13(17)18/h2-3,7,9H,4-6,8,15H2,1H3,(H,17,18). The van der Waals surface area contributed by atoms with Crippen LogP contribution in [0.25, 0.3) is 0 Å². The van der Waals surface area contributed by atoms with Crippen molar-refractivity contribution in [3.8, 4) is 5.75 Å². The van der Waals surface area contributed by atoms with Crippen LogP contribution in [-0.2, 0) is 4.79 Å². The van der Waals surface area contributed by atoms with Gasteiger partial charge in [-0.2, -0.15) is 0 Å². The molecule has 1 saturated heterocycles. The van der Waals surface area contributed by atoms with Crippen molar-refractivity contribution in [2.24, 2.45) is 5.92 Å². The third-order valence-corrected chi connectivity index (χ3v) is 3.49. The van der Waals surface area contributed by atoms with E-state index >= 15 is 0 Å². The van der Waals surface area contributed by atoms with Crippen molar-refractivity contribution >= 4 is 17.6 Å². The van der Waals surface area contributed by atoms with Gasteiger partial charge in [-0.15, -0.1) is 0 Å². The Hall–Kier alpha value is -2.24. The van der Waals surface area contributed by atoms with Crippen LogP contribution in [-0.4, -0.2) is 42.1 Å². The van der Waals surface area contributed by atoms with Crippen molar-refractivity contribution in [2.75, 3.05) is 25.9 Å². The predicted octanol–water partition coefficient (Wildman–Crippen LogP) is 1.21. The summed E-state index contributed by atoms with van der Waals surface area (Å²) < 4.78 is 5.18. The molecule has 2 rings (SSSR count). The van der Waals surface area contributed by atoms with E-state index in [0.717, 1.165) is 6.42 Å². The van der Waals surface area contributed by atoms with Gasteiger partial charge in [-0.05, 0) is 24.5 Å². The fourth-order valence-electron chi connectivity index (χ4n) is 2.49. The number of nitrogens with zero attached hydrogens (tertiary/aromatic N) is 1. The number of nitrogens with two attached hydrogens (primary N) is 1. The fourth-order valence-corrected chi connectivity index (χ4v) is 2.49. The molecule has 0 bridgehead atoms. The lowest BCUT2D eigenvalue weighted by molar-refractivity contribution is -0.138. The Morgan fingerprint density at radius 3 is 2.90 bits per heavy atom. The normalized spacial score (nSPS) is 18.1. The topological polar surface area (TPSA) is 92.9 Å². The van der Waals surface area contributed by atoms with E-state index < -0.39 is 5.97 Å². The summed E-state index contributed by atoms with van der Waals surface area (Å²) in [5.74, 6) is -0.503. The first-order valence-corrected chi connectivity index (χ1v) is 6.46. The minimum atomic E-state index is -0.825. The van der Waals surface area contributed by atoms with Crippen LogP contribution in [0.3, 0.4) is 0 Å². The highest BCUT2D eigenvalue weighted by molar-refractivity contribution is 5.97. The lowest BCUT2D eigenvalue weighted by Gasteiger charge is -2.18. The van der Waals surface area contributed by atoms with Crippen LogP contribution in [0.15, 0.2) is 18.2 Å². The summed E-state index contributed by atoms with van der Waals surface area (Å²) in [7, 11) is 1.49. The van der Waals surface area contributed by atoms with Gasteiger partial charge in [0.2, 0.25) is 0 Å². The number of carbonyl (C=O) groups is 2. The Balaban J connectivity index is 2.11. The molecule has 1 atom stereocenters. The van der Waals surface area contributed by atoms with E-state index in [0.29, 0.717) is 30.1 Å². The molecule has 1 fully saturated rings. The summed E-state index contributed by atoms with van der Waals surface area (Å²) >= 11 is 0. The zero-order valence-corrected chi connectivity index (χ0v) is 11.3. The van der Waals surface area contributed by atoms with Gasteiger partial charge in [0.25, 0.3) is 5.91 Å². The van der Waals surface area contributed by atoms with E-state index in [1.54, 1.807) is 23.1 Å². The quantitative estimate of drug-likeness (QED) is 0.808. The second-order valence-corrected chi connectivity index (χ2v) is 4.96. The molecule has 1 aromatic rings. The summed E-state index contributed by atoms with van der Waals surface area (Å²) in [6, 6.07) is 4.90. The largest absolute Gasteiger partial charge is 0.496 e. The molecule has 0 saturated carbocycles. The van der Waals surface area contributed by atoms with Crippen molar-refractivity contribution < 1.29 is 19.4 Å². The number of amides is 1. The Labute approximate surface area is 117 Å². The molecule has 1 aliphatic rings. The van der Waals surface area contributed by atoms with E-state index in [4.69, 9.17) is 15.6 Å². The second kappa shape index (κ2) is 5.81. The van der Waals surface area contributed by atoms with Crippen molar-refractivity contribution in [2.45, 2.75) is 12.8 Å². The van der Waals surface area contributed by atoms with Gasteiger partial charge in [0, 0.05) is 31.3 Å². The second-order valence-electron chi connectivity index (χ2n) is 4.96. The summed E-state index contributed by atoms with van der Waals surface area (Å²) in [4.78, 5) is 24.8. The first kappa shape index (κ1) is 14.2. The number of hydrogen-bond donors (Lipinski definition) is 2. The number of likely N-dealkylation sites (tertiary alicyclic amines) is 1. The fraction of sp³-hybridized carbons (Fsp3) is 0.429. The summed E-state index contributed by atoms with van der Waals surface area (Å²) in [6.45, 7) is 1.04. The molecule has 0 radical (unpaired) electrons. The lowest BCUT2D eigenvalue weighted by Crippen LogP contribution is -2.29. The number of carboxylic acids is 1. The van der Waals surface area contributed by atoms with Crippen LogP contribution in [0.4, 0.5) is 5.69 Å². The Morgan fingerprint density at radius 1 is 1.50 bits per heavy atom. The number of carboxylic acid groups (broad SMARTS) is 1. The van der Waals surface area contributed by atoms with Gasteiger partial charge in [-0.25, -0.2) is 0 Å². The molecule has 1 amide bonds. The molecule has 1 aliphatic heterocycles. The van der Waals surface area contributed by atoms with Crippen LogP contribution in [0, 0.1) is 5.92 Å². The van der Waals surface area contributed by atoms with Gasteiger partial charge in [0.05, 0.1) is 12.7 Å². The number of ether oxygens (including phenoxy) is 1. The molecule has 0 aromatic heterocycles. The first-order valence-electron chi connectivity index (χ1n) is 6.46. The molecule has 0 aliphatic carbocycles. The minimum Gasteiger partial charge on any atom is -0.496 e. The van der Waals surface area contributed by atoms with Crippen molar-refractivity contribution in [3.05, 3.63) is 23.8 Å². The molecular formula is C14H18N2O4. The molecule has 1 heterocycles. The monoisotopic (exact) mass is 278 g/mol. The number of hydrogen-bond acceptors (Lipinski definition) is 4. The molecule has 3 N–H and O–H groups in total. The number of rotatable bonds is 4. The zero-order valence-electron chi connectivity index (χ0n) is 11.3. The average molecular weight is 278 g/mol. The SMILES string of the molecule is COc1cc(N)ccc1C(=O)N1CCC(CC(=O)O)C1. The predicted molar refractivity (Wildman–Crippen MR) is 73.7 cm³/mol. The Morgan fingerprint density at radius 2 is 2.25 bits per heavy atom. The lowest BCUT2D eigenvalue weighted by atomic mass is 10.1. The molecular weight excluding hydrogens is 260 g/mol. The van der Waals surface area contributed by atoms with Gasteiger partial charge in [-0.1, -0.05) is 0 Å². The number of nitrogen functional groups attached to an aromatic ring is 1. The summed E-state index contributed by atoms with van der Waals surface area (Å²) in [6.07, 6.45) is 0.817. The number of aliphatic carboxylic acids is 1. The maximum atomic E-state index is 12.4. The van der Waals surface area contributed by atoms with Crippen LogP contribution in [0.5, 0.6) is 5.75 Å². The number of methoxy groups -OCH3 is 1. The number of carbonyl (C=O) groups excluding carboxylic acids is 1. The van der Waals surface area contributed by atoms with Gasteiger partial charge < -0.3 is 20.5 Å². The van der Waals surface area contributed by atoms with Crippen molar-refractivity contribution in [3.63, 3.8) is 0 Å². The van der Waals surface area contributed by atoms with Gasteiger partial charge in [-0.3, -0.25) is 9.59 Å². The van der Waals surface area contributed by atoms with Crippen LogP contribution < -0.4 is 10.5 Å². The smallest absolute Gasteiger partial charge is 0.303 e. The van der Waals surface area contributed by atoms with Crippen LogP contribution >= 0.6 is 0 Å². The average Bonchev–Trinajstić information content (AvgIpc) is 2.85. The molecule has 1 unspecified atom stereocenters.